The van der Waals surface area contributed by atoms with Gasteiger partial charge in [0.1, 0.15) is 5.75 Å². The fourth-order valence-corrected chi connectivity index (χ4v) is 2.26. The summed E-state index contributed by atoms with van der Waals surface area (Å²) < 4.78 is 5.38. The van der Waals surface area contributed by atoms with Crippen LogP contribution in [-0.4, -0.2) is 11.1 Å². The fourth-order valence-electron chi connectivity index (χ4n) is 2.26. The third kappa shape index (κ3) is 4.51. The minimum absolute atomic E-state index is 0.109. The first-order chi connectivity index (χ1) is 11.7. The number of aliphatic carboxylic acids is 1. The maximum atomic E-state index is 10.9. The van der Waals surface area contributed by atoms with Crippen molar-refractivity contribution in [3.05, 3.63) is 65.7 Å². The molecule has 6 heteroatoms. The standard InChI is InChI=1S/C19H23N3O3/c1-19(2,3)14-8-4-12(5-9-14)13-6-10-15(11-7-13)25-17(22-21)16(20)18(23)24/h4-11,22H,20-21H2,1-3H3,(H,23,24)/b17-16+. The van der Waals surface area contributed by atoms with Gasteiger partial charge in [-0.15, -0.1) is 0 Å². The van der Waals surface area contributed by atoms with Gasteiger partial charge in [-0.2, -0.15) is 0 Å². The van der Waals surface area contributed by atoms with E-state index in [2.05, 4.69) is 50.5 Å². The second kappa shape index (κ2) is 7.27. The molecular weight excluding hydrogens is 318 g/mol. The first kappa shape index (κ1) is 18.4. The van der Waals surface area contributed by atoms with Crippen molar-refractivity contribution < 1.29 is 14.6 Å². The zero-order valence-corrected chi connectivity index (χ0v) is 14.5. The van der Waals surface area contributed by atoms with Crippen molar-refractivity contribution in [2.75, 3.05) is 0 Å². The number of rotatable bonds is 5. The van der Waals surface area contributed by atoms with E-state index >= 15 is 0 Å². The summed E-state index contributed by atoms with van der Waals surface area (Å²) in [6, 6.07) is 15.6. The molecule has 0 aliphatic rings. The SMILES string of the molecule is CC(C)(C)c1ccc(-c2ccc(O/C(NN)=C(/N)C(=O)O)cc2)cc1. The minimum Gasteiger partial charge on any atom is -0.476 e. The Labute approximate surface area is 147 Å². The molecule has 25 heavy (non-hydrogen) atoms. The van der Waals surface area contributed by atoms with Crippen molar-refractivity contribution in [1.82, 2.24) is 5.43 Å². The molecular formula is C19H23N3O3. The zero-order valence-electron chi connectivity index (χ0n) is 14.5. The average Bonchev–Trinajstić information content (AvgIpc) is 2.59. The number of ether oxygens (including phenoxy) is 1. The van der Waals surface area contributed by atoms with Gasteiger partial charge in [0.15, 0.2) is 5.70 Å². The Morgan fingerprint density at radius 3 is 1.88 bits per heavy atom. The monoisotopic (exact) mass is 341 g/mol. The third-order valence-electron chi connectivity index (χ3n) is 3.76. The molecule has 0 heterocycles. The molecule has 2 aromatic carbocycles. The highest BCUT2D eigenvalue weighted by Gasteiger charge is 2.14. The Hall–Kier alpha value is -2.99. The van der Waals surface area contributed by atoms with E-state index in [0.29, 0.717) is 5.75 Å². The van der Waals surface area contributed by atoms with Gasteiger partial charge in [0.05, 0.1) is 0 Å². The van der Waals surface area contributed by atoms with Gasteiger partial charge in [-0.3, -0.25) is 5.43 Å². The lowest BCUT2D eigenvalue weighted by Gasteiger charge is -2.19. The Morgan fingerprint density at radius 1 is 1.00 bits per heavy atom. The number of carbonyl (C=O) groups is 1. The van der Waals surface area contributed by atoms with Gasteiger partial charge in [-0.25, -0.2) is 10.6 Å². The molecule has 0 amide bonds. The number of nitrogens with one attached hydrogen (secondary N) is 1. The number of nitrogens with two attached hydrogens (primary N) is 2. The van der Waals surface area contributed by atoms with Crippen molar-refractivity contribution in [2.45, 2.75) is 26.2 Å². The molecule has 132 valence electrons. The average molecular weight is 341 g/mol. The van der Waals surface area contributed by atoms with E-state index in [0.717, 1.165) is 11.1 Å². The van der Waals surface area contributed by atoms with E-state index in [9.17, 15) is 4.79 Å². The number of hydrazine groups is 1. The van der Waals surface area contributed by atoms with Crippen molar-refractivity contribution in [3.63, 3.8) is 0 Å². The highest BCUT2D eigenvalue weighted by Crippen LogP contribution is 2.27. The number of benzene rings is 2. The van der Waals surface area contributed by atoms with Crippen LogP contribution in [0.15, 0.2) is 60.1 Å². The summed E-state index contributed by atoms with van der Waals surface area (Å²) in [4.78, 5) is 10.9. The summed E-state index contributed by atoms with van der Waals surface area (Å²) in [5.41, 5.74) is 10.5. The lowest BCUT2D eigenvalue weighted by Crippen LogP contribution is -2.31. The van der Waals surface area contributed by atoms with Gasteiger partial charge in [-0.05, 0) is 34.2 Å². The molecule has 0 saturated heterocycles. The Bertz CT molecular complexity index is 773. The largest absolute Gasteiger partial charge is 0.476 e. The Kier molecular flexibility index (Phi) is 5.34. The second-order valence-electron chi connectivity index (χ2n) is 6.65. The van der Waals surface area contributed by atoms with Crippen molar-refractivity contribution >= 4 is 5.97 Å². The van der Waals surface area contributed by atoms with Crippen molar-refractivity contribution in [2.24, 2.45) is 11.6 Å². The van der Waals surface area contributed by atoms with E-state index < -0.39 is 11.7 Å². The van der Waals surface area contributed by atoms with Crippen molar-refractivity contribution in [3.8, 4) is 16.9 Å². The Balaban J connectivity index is 2.20. The van der Waals surface area contributed by atoms with Crippen LogP contribution in [0.1, 0.15) is 26.3 Å². The molecule has 6 N–H and O–H groups in total. The van der Waals surface area contributed by atoms with Crippen LogP contribution in [0.5, 0.6) is 5.75 Å². The summed E-state index contributed by atoms with van der Waals surface area (Å²) in [5.74, 6) is 4.15. The summed E-state index contributed by atoms with van der Waals surface area (Å²) in [7, 11) is 0. The molecule has 0 aromatic heterocycles. The van der Waals surface area contributed by atoms with E-state index in [1.54, 1.807) is 12.1 Å². The molecule has 6 nitrogen and oxygen atoms in total. The predicted octanol–water partition coefficient (Wildman–Crippen LogP) is 2.71. The van der Waals surface area contributed by atoms with Gasteiger partial charge in [0.2, 0.25) is 5.88 Å². The topological polar surface area (TPSA) is 111 Å². The molecule has 0 unspecified atom stereocenters. The van der Waals surface area contributed by atoms with Gasteiger partial charge in [0.25, 0.3) is 0 Å². The van der Waals surface area contributed by atoms with Gasteiger partial charge < -0.3 is 15.6 Å². The predicted molar refractivity (Wildman–Crippen MR) is 97.4 cm³/mol. The molecule has 0 saturated carbocycles. The summed E-state index contributed by atoms with van der Waals surface area (Å²) in [5, 5.41) is 8.88. The van der Waals surface area contributed by atoms with Crippen LogP contribution in [0.4, 0.5) is 0 Å². The van der Waals surface area contributed by atoms with Gasteiger partial charge in [-0.1, -0.05) is 57.2 Å². The molecule has 0 atom stereocenters. The maximum Gasteiger partial charge on any atom is 0.357 e. The molecule has 0 spiro atoms. The second-order valence-corrected chi connectivity index (χ2v) is 6.65. The number of hydrogen-bond acceptors (Lipinski definition) is 5. The molecule has 2 aromatic rings. The van der Waals surface area contributed by atoms with E-state index in [-0.39, 0.29) is 11.3 Å². The number of carboxylic acids is 1. The lowest BCUT2D eigenvalue weighted by molar-refractivity contribution is -0.132. The van der Waals surface area contributed by atoms with Crippen LogP contribution in [0.2, 0.25) is 0 Å². The number of carboxylic acid groups (broad SMARTS) is 1. The highest BCUT2D eigenvalue weighted by molar-refractivity contribution is 5.85. The summed E-state index contributed by atoms with van der Waals surface area (Å²) in [6.07, 6.45) is 0. The molecule has 0 aliphatic heterocycles. The van der Waals surface area contributed by atoms with E-state index in [4.69, 9.17) is 21.4 Å². The zero-order chi connectivity index (χ0) is 18.6. The lowest BCUT2D eigenvalue weighted by atomic mass is 9.86. The van der Waals surface area contributed by atoms with Crippen LogP contribution in [0.3, 0.4) is 0 Å². The van der Waals surface area contributed by atoms with E-state index in [1.807, 2.05) is 12.1 Å². The van der Waals surface area contributed by atoms with Crippen LogP contribution >= 0.6 is 0 Å². The van der Waals surface area contributed by atoms with Gasteiger partial charge in [0, 0.05) is 0 Å². The summed E-state index contributed by atoms with van der Waals surface area (Å²) in [6.45, 7) is 6.52. The third-order valence-corrected chi connectivity index (χ3v) is 3.76. The van der Waals surface area contributed by atoms with Crippen LogP contribution < -0.4 is 21.7 Å². The van der Waals surface area contributed by atoms with Gasteiger partial charge >= 0.3 is 5.97 Å². The van der Waals surface area contributed by atoms with E-state index in [1.165, 1.54) is 5.56 Å². The molecule has 0 fully saturated rings. The smallest absolute Gasteiger partial charge is 0.357 e. The van der Waals surface area contributed by atoms with Crippen LogP contribution in [-0.2, 0) is 10.2 Å². The molecule has 0 radical (unpaired) electrons. The quantitative estimate of drug-likeness (QED) is 0.288. The molecule has 2 rings (SSSR count). The molecule has 0 bridgehead atoms. The first-order valence-corrected chi connectivity index (χ1v) is 7.81. The first-order valence-electron chi connectivity index (χ1n) is 7.81. The highest BCUT2D eigenvalue weighted by atomic mass is 16.5. The normalized spacial score (nSPS) is 12.3. The fraction of sp³-hybridized carbons (Fsp3) is 0.211. The molecule has 0 aliphatic carbocycles. The number of hydrogen-bond donors (Lipinski definition) is 4. The van der Waals surface area contributed by atoms with Crippen LogP contribution in [0.25, 0.3) is 11.1 Å². The Morgan fingerprint density at radius 2 is 1.48 bits per heavy atom. The maximum absolute atomic E-state index is 10.9. The van der Waals surface area contributed by atoms with Crippen molar-refractivity contribution in [1.29, 1.82) is 0 Å². The summed E-state index contributed by atoms with van der Waals surface area (Å²) >= 11 is 0. The minimum atomic E-state index is -1.32. The van der Waals surface area contributed by atoms with Crippen LogP contribution in [0, 0.1) is 0 Å².